The van der Waals surface area contributed by atoms with Crippen LogP contribution in [0.1, 0.15) is 38.3 Å². The van der Waals surface area contributed by atoms with Gasteiger partial charge in [-0.25, -0.2) is 8.42 Å². The van der Waals surface area contributed by atoms with Gasteiger partial charge in [-0.3, -0.25) is 0 Å². The van der Waals surface area contributed by atoms with Crippen LogP contribution in [0.4, 0.5) is 0 Å². The summed E-state index contributed by atoms with van der Waals surface area (Å²) in [6.07, 6.45) is 0.774. The van der Waals surface area contributed by atoms with Gasteiger partial charge in [0.05, 0.1) is 11.5 Å². The van der Waals surface area contributed by atoms with Crippen LogP contribution in [0.5, 0.6) is 0 Å². The van der Waals surface area contributed by atoms with E-state index in [2.05, 4.69) is 0 Å². The highest BCUT2D eigenvalue weighted by Crippen LogP contribution is 2.21. The van der Waals surface area contributed by atoms with Gasteiger partial charge < -0.3 is 5.11 Å². The molecule has 0 saturated heterocycles. The van der Waals surface area contributed by atoms with Crippen molar-refractivity contribution in [3.8, 4) is 0 Å². The third kappa shape index (κ3) is 3.55. The van der Waals surface area contributed by atoms with Crippen molar-refractivity contribution >= 4 is 10.0 Å². The first kappa shape index (κ1) is 16.1. The monoisotopic (exact) mass is 285 g/mol. The number of aliphatic hydroxyl groups is 1. The Morgan fingerprint density at radius 3 is 2.42 bits per heavy atom. The van der Waals surface area contributed by atoms with E-state index < -0.39 is 10.0 Å². The summed E-state index contributed by atoms with van der Waals surface area (Å²) in [4.78, 5) is 0.254. The lowest BCUT2D eigenvalue weighted by Gasteiger charge is -2.25. The first-order chi connectivity index (χ1) is 8.84. The van der Waals surface area contributed by atoms with Gasteiger partial charge in [0, 0.05) is 12.6 Å². The molecule has 0 bridgehead atoms. The smallest absolute Gasteiger partial charge is 0.243 e. The summed E-state index contributed by atoms with van der Waals surface area (Å²) in [5.74, 6) is 0. The lowest BCUT2D eigenvalue weighted by Crippen LogP contribution is -2.37. The van der Waals surface area contributed by atoms with Crippen molar-refractivity contribution in [1.82, 2.24) is 4.31 Å². The maximum atomic E-state index is 12.6. The van der Waals surface area contributed by atoms with Crippen LogP contribution in [-0.4, -0.2) is 30.4 Å². The Kier molecular flexibility index (Phi) is 5.52. The van der Waals surface area contributed by atoms with Crippen LogP contribution in [0.25, 0.3) is 0 Å². The highest BCUT2D eigenvalue weighted by atomic mass is 32.2. The molecule has 0 radical (unpaired) electrons. The van der Waals surface area contributed by atoms with E-state index in [-0.39, 0.29) is 17.5 Å². The molecule has 19 heavy (non-hydrogen) atoms. The number of benzene rings is 1. The maximum absolute atomic E-state index is 12.6. The van der Waals surface area contributed by atoms with Crippen molar-refractivity contribution in [2.45, 2.75) is 51.7 Å². The van der Waals surface area contributed by atoms with Gasteiger partial charge in [0.1, 0.15) is 0 Å². The van der Waals surface area contributed by atoms with E-state index in [1.165, 1.54) is 4.31 Å². The third-order valence-electron chi connectivity index (χ3n) is 3.12. The van der Waals surface area contributed by atoms with Crippen molar-refractivity contribution in [3.05, 3.63) is 29.3 Å². The van der Waals surface area contributed by atoms with E-state index in [1.54, 1.807) is 18.2 Å². The van der Waals surface area contributed by atoms with Crippen molar-refractivity contribution < 1.29 is 13.5 Å². The van der Waals surface area contributed by atoms with E-state index in [0.717, 1.165) is 12.0 Å². The Bertz CT molecular complexity index is 523. The molecule has 0 aromatic heterocycles. The summed E-state index contributed by atoms with van der Waals surface area (Å²) in [7, 11) is -3.49. The molecule has 0 aliphatic heterocycles. The van der Waals surface area contributed by atoms with Gasteiger partial charge in [-0.15, -0.1) is 0 Å². The largest absolute Gasteiger partial charge is 0.392 e. The molecule has 0 aliphatic carbocycles. The molecule has 1 aromatic carbocycles. The summed E-state index contributed by atoms with van der Waals surface area (Å²) in [5, 5.41) is 9.25. The molecule has 1 rings (SSSR count). The van der Waals surface area contributed by atoms with Crippen LogP contribution >= 0.6 is 0 Å². The van der Waals surface area contributed by atoms with Gasteiger partial charge in [0.15, 0.2) is 0 Å². The molecule has 0 atom stereocenters. The van der Waals surface area contributed by atoms with E-state index >= 15 is 0 Å². The summed E-state index contributed by atoms with van der Waals surface area (Å²) in [5.41, 5.74) is 1.55. The second-order valence-electron chi connectivity index (χ2n) is 4.96. The summed E-state index contributed by atoms with van der Waals surface area (Å²) in [6, 6.07) is 4.83. The zero-order chi connectivity index (χ0) is 14.6. The zero-order valence-corrected chi connectivity index (χ0v) is 12.9. The van der Waals surface area contributed by atoms with Gasteiger partial charge in [-0.1, -0.05) is 13.0 Å². The first-order valence-corrected chi connectivity index (χ1v) is 8.00. The van der Waals surface area contributed by atoms with E-state index in [1.807, 2.05) is 27.7 Å². The molecule has 4 nitrogen and oxygen atoms in total. The van der Waals surface area contributed by atoms with Crippen LogP contribution in [0, 0.1) is 6.92 Å². The van der Waals surface area contributed by atoms with Crippen LogP contribution in [0.15, 0.2) is 23.1 Å². The van der Waals surface area contributed by atoms with Crippen LogP contribution in [0.3, 0.4) is 0 Å². The van der Waals surface area contributed by atoms with Crippen LogP contribution in [-0.2, 0) is 16.6 Å². The second-order valence-corrected chi connectivity index (χ2v) is 6.85. The molecule has 1 N–H and O–H groups in total. The normalized spacial score (nSPS) is 12.4. The third-order valence-corrected chi connectivity index (χ3v) is 5.19. The number of hydrogen-bond donors (Lipinski definition) is 1. The molecule has 5 heteroatoms. The molecule has 0 unspecified atom stereocenters. The number of sulfonamides is 1. The average molecular weight is 285 g/mol. The standard InChI is InChI=1S/C14H23NO3S/c1-5-8-15(11(2)3)19(17,18)14-7-6-12(4)13(9-14)10-16/h6-7,9,11,16H,5,8,10H2,1-4H3. The van der Waals surface area contributed by atoms with E-state index in [9.17, 15) is 13.5 Å². The van der Waals surface area contributed by atoms with Gasteiger partial charge in [-0.2, -0.15) is 4.31 Å². The fourth-order valence-corrected chi connectivity index (χ4v) is 3.77. The molecular weight excluding hydrogens is 262 g/mol. The second kappa shape index (κ2) is 6.50. The fourth-order valence-electron chi connectivity index (χ4n) is 1.99. The summed E-state index contributed by atoms with van der Waals surface area (Å²) >= 11 is 0. The van der Waals surface area contributed by atoms with Gasteiger partial charge >= 0.3 is 0 Å². The molecule has 0 fully saturated rings. The van der Waals surface area contributed by atoms with Gasteiger partial charge in [-0.05, 0) is 50.5 Å². The van der Waals surface area contributed by atoms with Gasteiger partial charge in [0.2, 0.25) is 10.0 Å². The number of hydrogen-bond acceptors (Lipinski definition) is 3. The minimum atomic E-state index is -3.49. The lowest BCUT2D eigenvalue weighted by molar-refractivity contribution is 0.280. The number of aryl methyl sites for hydroxylation is 1. The van der Waals surface area contributed by atoms with Crippen molar-refractivity contribution in [3.63, 3.8) is 0 Å². The quantitative estimate of drug-likeness (QED) is 0.872. The highest BCUT2D eigenvalue weighted by molar-refractivity contribution is 7.89. The first-order valence-electron chi connectivity index (χ1n) is 6.56. The Labute approximate surface area is 116 Å². The molecule has 108 valence electrons. The van der Waals surface area contributed by atoms with Gasteiger partial charge in [0.25, 0.3) is 0 Å². The minimum Gasteiger partial charge on any atom is -0.392 e. The molecular formula is C14H23NO3S. The fraction of sp³-hybridized carbons (Fsp3) is 0.571. The van der Waals surface area contributed by atoms with Crippen LogP contribution < -0.4 is 0 Å². The topological polar surface area (TPSA) is 57.6 Å². The van der Waals surface area contributed by atoms with Crippen molar-refractivity contribution in [2.24, 2.45) is 0 Å². The van der Waals surface area contributed by atoms with E-state index in [4.69, 9.17) is 0 Å². The molecule has 0 aliphatic rings. The Morgan fingerprint density at radius 2 is 1.95 bits per heavy atom. The average Bonchev–Trinajstić information content (AvgIpc) is 2.35. The lowest BCUT2D eigenvalue weighted by atomic mass is 10.1. The zero-order valence-electron chi connectivity index (χ0n) is 12.0. The SMILES string of the molecule is CCCN(C(C)C)S(=O)(=O)c1ccc(C)c(CO)c1. The van der Waals surface area contributed by atoms with Crippen LogP contribution in [0.2, 0.25) is 0 Å². The molecule has 0 heterocycles. The van der Waals surface area contributed by atoms with Crippen molar-refractivity contribution in [1.29, 1.82) is 0 Å². The summed E-state index contributed by atoms with van der Waals surface area (Å²) < 4.78 is 26.7. The molecule has 1 aromatic rings. The molecule has 0 spiro atoms. The molecule has 0 amide bonds. The Hall–Kier alpha value is -0.910. The number of nitrogens with zero attached hydrogens (tertiary/aromatic N) is 1. The van der Waals surface area contributed by atoms with E-state index in [0.29, 0.717) is 12.1 Å². The predicted octanol–water partition coefficient (Wildman–Crippen LogP) is 2.30. The Balaban J connectivity index is 3.25. The minimum absolute atomic E-state index is 0.0798. The van der Waals surface area contributed by atoms with Crippen molar-refractivity contribution in [2.75, 3.05) is 6.54 Å². The predicted molar refractivity (Wildman–Crippen MR) is 76.4 cm³/mol. The molecule has 0 saturated carbocycles. The number of aliphatic hydroxyl groups excluding tert-OH is 1. The maximum Gasteiger partial charge on any atom is 0.243 e. The summed E-state index contributed by atoms with van der Waals surface area (Å²) in [6.45, 7) is 7.91. The number of rotatable bonds is 6. The Morgan fingerprint density at radius 1 is 1.32 bits per heavy atom. The highest BCUT2D eigenvalue weighted by Gasteiger charge is 2.26.